The van der Waals surface area contributed by atoms with Crippen LogP contribution in [0.5, 0.6) is 0 Å². The van der Waals surface area contributed by atoms with Crippen molar-refractivity contribution in [3.05, 3.63) is 45.9 Å². The number of nitrogens with one attached hydrogen (secondary N) is 2. The molecule has 1 aromatic heterocycles. The fourth-order valence-corrected chi connectivity index (χ4v) is 3.46. The van der Waals surface area contributed by atoms with Crippen molar-refractivity contribution in [2.24, 2.45) is 0 Å². The van der Waals surface area contributed by atoms with Gasteiger partial charge in [0.25, 0.3) is 5.91 Å². The Balaban J connectivity index is 2.02. The number of urea groups is 1. The number of benzene rings is 1. The minimum atomic E-state index is -4.43. The van der Waals surface area contributed by atoms with Crippen molar-refractivity contribution in [2.45, 2.75) is 52.3 Å². The van der Waals surface area contributed by atoms with Gasteiger partial charge in [-0.3, -0.25) is 4.79 Å². The van der Waals surface area contributed by atoms with Gasteiger partial charge < -0.3 is 15.5 Å². The van der Waals surface area contributed by atoms with Crippen molar-refractivity contribution >= 4 is 29.0 Å². The lowest BCUT2D eigenvalue weighted by Crippen LogP contribution is -2.35. The summed E-state index contributed by atoms with van der Waals surface area (Å²) in [6.45, 7) is 5.28. The summed E-state index contributed by atoms with van der Waals surface area (Å²) in [6.07, 6.45) is -0.940. The third kappa shape index (κ3) is 7.86. The standard InChI is InChI=1S/C21H27F3N4O2S/c1-3-5-11-25-19(29)17-14-31-18(27-17)13-28(12-6-4-2)20(30)26-16-9-7-15(8-10-16)21(22,23)24/h7-10,14H,3-6,11-13H2,1-2H3,(H,25,29)(H,26,30). The number of hydrogen-bond donors (Lipinski definition) is 2. The molecule has 1 aromatic carbocycles. The largest absolute Gasteiger partial charge is 0.416 e. The number of unbranched alkanes of at least 4 members (excludes halogenated alkanes) is 2. The fourth-order valence-electron chi connectivity index (χ4n) is 2.67. The van der Waals surface area contributed by atoms with E-state index in [9.17, 15) is 22.8 Å². The van der Waals surface area contributed by atoms with Gasteiger partial charge in [-0.25, -0.2) is 9.78 Å². The second kappa shape index (κ2) is 11.7. The number of hydrogen-bond acceptors (Lipinski definition) is 4. The van der Waals surface area contributed by atoms with Crippen molar-refractivity contribution < 1.29 is 22.8 Å². The van der Waals surface area contributed by atoms with E-state index in [0.717, 1.165) is 37.8 Å². The molecule has 3 amide bonds. The van der Waals surface area contributed by atoms with E-state index < -0.39 is 17.8 Å². The minimum Gasteiger partial charge on any atom is -0.351 e. The molecule has 0 aliphatic heterocycles. The Bertz CT molecular complexity index is 853. The van der Waals surface area contributed by atoms with Gasteiger partial charge in [0.1, 0.15) is 10.7 Å². The Morgan fingerprint density at radius 1 is 1.10 bits per heavy atom. The summed E-state index contributed by atoms with van der Waals surface area (Å²) >= 11 is 1.29. The van der Waals surface area contributed by atoms with Gasteiger partial charge in [0.2, 0.25) is 0 Å². The third-order valence-electron chi connectivity index (χ3n) is 4.46. The number of aromatic nitrogens is 1. The molecule has 6 nitrogen and oxygen atoms in total. The highest BCUT2D eigenvalue weighted by Crippen LogP contribution is 2.29. The molecule has 0 unspecified atom stereocenters. The van der Waals surface area contributed by atoms with E-state index in [1.54, 1.807) is 10.3 Å². The lowest BCUT2D eigenvalue weighted by atomic mass is 10.2. The molecule has 2 N–H and O–H groups in total. The first kappa shape index (κ1) is 24.6. The molecular formula is C21H27F3N4O2S. The van der Waals surface area contributed by atoms with Crippen LogP contribution < -0.4 is 10.6 Å². The molecule has 1 heterocycles. The van der Waals surface area contributed by atoms with Gasteiger partial charge in [-0.15, -0.1) is 11.3 Å². The number of rotatable bonds is 10. The van der Waals surface area contributed by atoms with Gasteiger partial charge in [-0.1, -0.05) is 26.7 Å². The Morgan fingerprint density at radius 3 is 2.39 bits per heavy atom. The van der Waals surface area contributed by atoms with Crippen LogP contribution in [0.3, 0.4) is 0 Å². The molecule has 2 aromatic rings. The molecule has 0 bridgehead atoms. The second-order valence-electron chi connectivity index (χ2n) is 7.02. The summed E-state index contributed by atoms with van der Waals surface area (Å²) in [5.41, 5.74) is -0.190. The summed E-state index contributed by atoms with van der Waals surface area (Å²) in [4.78, 5) is 30.7. The number of carbonyl (C=O) groups is 2. The van der Waals surface area contributed by atoms with Crippen LogP contribution in [0.25, 0.3) is 0 Å². The smallest absolute Gasteiger partial charge is 0.351 e. The maximum absolute atomic E-state index is 12.7. The molecule has 0 fully saturated rings. The minimum absolute atomic E-state index is 0.208. The molecule has 0 atom stereocenters. The molecule has 0 radical (unpaired) electrons. The Morgan fingerprint density at radius 2 is 1.77 bits per heavy atom. The van der Waals surface area contributed by atoms with E-state index >= 15 is 0 Å². The average molecular weight is 457 g/mol. The highest BCUT2D eigenvalue weighted by molar-refractivity contribution is 7.09. The number of halogens is 3. The van der Waals surface area contributed by atoms with Crippen LogP contribution in [0.1, 0.15) is 60.6 Å². The molecule has 10 heteroatoms. The van der Waals surface area contributed by atoms with Gasteiger partial charge in [-0.05, 0) is 37.1 Å². The molecule has 0 aliphatic carbocycles. The Hall–Kier alpha value is -2.62. The number of anilines is 1. The lowest BCUT2D eigenvalue weighted by molar-refractivity contribution is -0.137. The number of alkyl halides is 3. The fraction of sp³-hybridized carbons (Fsp3) is 0.476. The molecule has 170 valence electrons. The van der Waals surface area contributed by atoms with Gasteiger partial charge in [-0.2, -0.15) is 13.2 Å². The van der Waals surface area contributed by atoms with Crippen molar-refractivity contribution in [2.75, 3.05) is 18.4 Å². The number of thiazole rings is 1. The van der Waals surface area contributed by atoms with Gasteiger partial charge >= 0.3 is 12.2 Å². The number of carbonyl (C=O) groups excluding carboxylic acids is 2. The summed E-state index contributed by atoms with van der Waals surface area (Å²) in [6, 6.07) is 3.87. The highest BCUT2D eigenvalue weighted by Gasteiger charge is 2.30. The highest BCUT2D eigenvalue weighted by atomic mass is 32.1. The molecule has 0 aliphatic rings. The molecule has 0 spiro atoms. The van der Waals surface area contributed by atoms with Crippen molar-refractivity contribution in [1.29, 1.82) is 0 Å². The SMILES string of the molecule is CCCCNC(=O)c1csc(CN(CCCC)C(=O)Nc2ccc(C(F)(F)F)cc2)n1. The topological polar surface area (TPSA) is 74.3 Å². The zero-order chi connectivity index (χ0) is 22.9. The lowest BCUT2D eigenvalue weighted by Gasteiger charge is -2.22. The summed E-state index contributed by atoms with van der Waals surface area (Å²) in [5, 5.41) is 7.70. The maximum atomic E-state index is 12.7. The van der Waals surface area contributed by atoms with E-state index in [1.807, 2.05) is 13.8 Å². The van der Waals surface area contributed by atoms with Crippen LogP contribution in [-0.2, 0) is 12.7 Å². The van der Waals surface area contributed by atoms with Crippen LogP contribution in [0, 0.1) is 0 Å². The molecular weight excluding hydrogens is 429 g/mol. The van der Waals surface area contributed by atoms with E-state index in [-0.39, 0.29) is 18.1 Å². The molecule has 0 saturated heterocycles. The predicted molar refractivity (Wildman–Crippen MR) is 115 cm³/mol. The second-order valence-corrected chi connectivity index (χ2v) is 7.96. The Kier molecular flexibility index (Phi) is 9.29. The van der Waals surface area contributed by atoms with Crippen LogP contribution in [0.4, 0.5) is 23.7 Å². The van der Waals surface area contributed by atoms with Crippen LogP contribution in [0.2, 0.25) is 0 Å². The van der Waals surface area contributed by atoms with E-state index in [0.29, 0.717) is 23.8 Å². The number of nitrogens with zero attached hydrogens (tertiary/aromatic N) is 2. The summed E-state index contributed by atoms with van der Waals surface area (Å²) in [5.74, 6) is -0.245. The molecule has 0 saturated carbocycles. The third-order valence-corrected chi connectivity index (χ3v) is 5.29. The van der Waals surface area contributed by atoms with Crippen molar-refractivity contribution in [3.8, 4) is 0 Å². The maximum Gasteiger partial charge on any atom is 0.416 e. The van der Waals surface area contributed by atoms with Crippen LogP contribution in [-0.4, -0.2) is 34.9 Å². The van der Waals surface area contributed by atoms with Crippen molar-refractivity contribution in [3.63, 3.8) is 0 Å². The first-order valence-electron chi connectivity index (χ1n) is 10.2. The molecule has 31 heavy (non-hydrogen) atoms. The average Bonchev–Trinajstić information content (AvgIpc) is 3.19. The zero-order valence-electron chi connectivity index (χ0n) is 17.6. The van der Waals surface area contributed by atoms with E-state index in [2.05, 4.69) is 15.6 Å². The van der Waals surface area contributed by atoms with Gasteiger partial charge in [0.05, 0.1) is 12.1 Å². The van der Waals surface area contributed by atoms with Crippen LogP contribution >= 0.6 is 11.3 Å². The molecule has 2 rings (SSSR count). The van der Waals surface area contributed by atoms with E-state index in [4.69, 9.17) is 0 Å². The monoisotopic (exact) mass is 456 g/mol. The normalized spacial score (nSPS) is 11.3. The van der Waals surface area contributed by atoms with Crippen molar-refractivity contribution in [1.82, 2.24) is 15.2 Å². The first-order valence-corrected chi connectivity index (χ1v) is 11.1. The van der Waals surface area contributed by atoms with Gasteiger partial charge in [0, 0.05) is 24.2 Å². The first-order chi connectivity index (χ1) is 14.7. The number of amides is 3. The summed E-state index contributed by atoms with van der Waals surface area (Å²) < 4.78 is 38.1. The zero-order valence-corrected chi connectivity index (χ0v) is 18.4. The quantitative estimate of drug-likeness (QED) is 0.462. The van der Waals surface area contributed by atoms with Gasteiger partial charge in [0.15, 0.2) is 0 Å². The predicted octanol–water partition coefficient (Wildman–Crippen LogP) is 5.53. The van der Waals surface area contributed by atoms with Crippen LogP contribution in [0.15, 0.2) is 29.6 Å². The Labute approximate surface area is 183 Å². The van der Waals surface area contributed by atoms with E-state index in [1.165, 1.54) is 23.5 Å². The summed E-state index contributed by atoms with van der Waals surface area (Å²) in [7, 11) is 0.